The number of nitro groups is 1. The highest BCUT2D eigenvalue weighted by molar-refractivity contribution is 7.92. The number of methoxy groups -OCH3 is 1. The van der Waals surface area contributed by atoms with Crippen LogP contribution in [0.3, 0.4) is 0 Å². The second kappa shape index (κ2) is 8.58. The molecule has 2 aromatic carbocycles. The van der Waals surface area contributed by atoms with Gasteiger partial charge in [-0.25, -0.2) is 8.42 Å². The second-order valence-corrected chi connectivity index (χ2v) is 6.90. The van der Waals surface area contributed by atoms with Crippen LogP contribution in [0.15, 0.2) is 41.3 Å². The first kappa shape index (κ1) is 20.3. The van der Waals surface area contributed by atoms with Crippen molar-refractivity contribution in [3.8, 4) is 17.2 Å². The summed E-state index contributed by atoms with van der Waals surface area (Å²) >= 11 is 0. The van der Waals surface area contributed by atoms with Crippen molar-refractivity contribution >= 4 is 21.4 Å². The average molecular weight is 396 g/mol. The molecule has 0 saturated carbocycles. The number of nitrogens with zero attached hydrogens (tertiary/aromatic N) is 1. The first-order valence-corrected chi connectivity index (χ1v) is 9.55. The molecule has 0 amide bonds. The average Bonchev–Trinajstić information content (AvgIpc) is 2.63. The molecule has 0 fully saturated rings. The lowest BCUT2D eigenvalue weighted by atomic mass is 10.3. The molecule has 0 saturated heterocycles. The Balaban J connectivity index is 2.45. The Morgan fingerprint density at radius 1 is 1.04 bits per heavy atom. The van der Waals surface area contributed by atoms with Gasteiger partial charge in [-0.2, -0.15) is 0 Å². The number of anilines is 1. The van der Waals surface area contributed by atoms with E-state index in [9.17, 15) is 18.5 Å². The molecule has 1 N–H and O–H groups in total. The summed E-state index contributed by atoms with van der Waals surface area (Å²) in [4.78, 5) is 10.2. The number of benzene rings is 2. The first-order chi connectivity index (χ1) is 12.8. The van der Waals surface area contributed by atoms with Gasteiger partial charge in [-0.15, -0.1) is 0 Å². The minimum Gasteiger partial charge on any atom is -0.494 e. The van der Waals surface area contributed by atoms with Gasteiger partial charge in [-0.1, -0.05) is 0 Å². The van der Waals surface area contributed by atoms with E-state index in [-0.39, 0.29) is 16.3 Å². The van der Waals surface area contributed by atoms with E-state index in [1.807, 2.05) is 0 Å². The fourth-order valence-corrected chi connectivity index (χ4v) is 3.39. The Hall–Kier alpha value is -3.01. The summed E-state index contributed by atoms with van der Waals surface area (Å²) in [5, 5.41) is 11.1. The fraction of sp³-hybridized carbons (Fsp3) is 0.294. The molecule has 0 aromatic heterocycles. The minimum absolute atomic E-state index is 0.0349. The highest BCUT2D eigenvalue weighted by Gasteiger charge is 2.23. The van der Waals surface area contributed by atoms with Crippen LogP contribution >= 0.6 is 0 Å². The third-order valence-electron chi connectivity index (χ3n) is 3.46. The number of nitro benzene ring substituents is 1. The molecular weight excluding hydrogens is 376 g/mol. The molecule has 0 heterocycles. The summed E-state index contributed by atoms with van der Waals surface area (Å²) in [6, 6.07) is 8.12. The topological polar surface area (TPSA) is 117 Å². The molecule has 0 aliphatic rings. The SMILES string of the molecule is CCOc1ccc(OCC)c(NS(=O)(=O)c2ccc(OC)c([N+](=O)[O-])c2)c1. The van der Waals surface area contributed by atoms with Crippen LogP contribution in [0, 0.1) is 10.1 Å². The minimum atomic E-state index is -4.11. The van der Waals surface area contributed by atoms with Crippen LogP contribution in [-0.4, -0.2) is 33.7 Å². The van der Waals surface area contributed by atoms with E-state index in [0.717, 1.165) is 6.07 Å². The molecule has 0 bridgehead atoms. The van der Waals surface area contributed by atoms with E-state index >= 15 is 0 Å². The molecular formula is C17H20N2O7S. The highest BCUT2D eigenvalue weighted by Crippen LogP contribution is 2.33. The van der Waals surface area contributed by atoms with Crippen molar-refractivity contribution < 1.29 is 27.6 Å². The third-order valence-corrected chi connectivity index (χ3v) is 4.83. The van der Waals surface area contributed by atoms with Crippen LogP contribution < -0.4 is 18.9 Å². The summed E-state index contributed by atoms with van der Waals surface area (Å²) in [6.07, 6.45) is 0. The fourth-order valence-electron chi connectivity index (χ4n) is 2.31. The van der Waals surface area contributed by atoms with Gasteiger partial charge in [-0.05, 0) is 38.1 Å². The lowest BCUT2D eigenvalue weighted by Crippen LogP contribution is -2.14. The van der Waals surface area contributed by atoms with Crippen molar-refractivity contribution in [2.75, 3.05) is 25.0 Å². The number of ether oxygens (including phenoxy) is 3. The van der Waals surface area contributed by atoms with Crippen molar-refractivity contribution in [3.63, 3.8) is 0 Å². The summed E-state index contributed by atoms with van der Waals surface area (Å²) in [7, 11) is -2.85. The first-order valence-electron chi connectivity index (χ1n) is 8.07. The largest absolute Gasteiger partial charge is 0.494 e. The van der Waals surface area contributed by atoms with Crippen molar-refractivity contribution in [1.82, 2.24) is 0 Å². The number of hydrogen-bond acceptors (Lipinski definition) is 7. The van der Waals surface area contributed by atoms with Gasteiger partial charge in [-0.3, -0.25) is 14.8 Å². The van der Waals surface area contributed by atoms with E-state index in [1.165, 1.54) is 25.3 Å². The maximum atomic E-state index is 12.7. The van der Waals surface area contributed by atoms with E-state index < -0.39 is 20.6 Å². The van der Waals surface area contributed by atoms with Crippen molar-refractivity contribution in [2.45, 2.75) is 18.7 Å². The van der Waals surface area contributed by atoms with Crippen LogP contribution in [0.1, 0.15) is 13.8 Å². The lowest BCUT2D eigenvalue weighted by molar-refractivity contribution is -0.386. The summed E-state index contributed by atoms with van der Waals surface area (Å²) < 4.78 is 43.6. The number of sulfonamides is 1. The van der Waals surface area contributed by atoms with E-state index in [2.05, 4.69) is 4.72 Å². The van der Waals surface area contributed by atoms with Crippen LogP contribution in [-0.2, 0) is 10.0 Å². The van der Waals surface area contributed by atoms with Gasteiger partial charge in [0.1, 0.15) is 11.5 Å². The van der Waals surface area contributed by atoms with Crippen LogP contribution in [0.25, 0.3) is 0 Å². The van der Waals surface area contributed by atoms with Gasteiger partial charge < -0.3 is 14.2 Å². The Kier molecular flexibility index (Phi) is 6.45. The lowest BCUT2D eigenvalue weighted by Gasteiger charge is -2.15. The van der Waals surface area contributed by atoms with Gasteiger partial charge in [0.05, 0.1) is 35.8 Å². The zero-order valence-electron chi connectivity index (χ0n) is 15.1. The molecule has 2 rings (SSSR count). The molecule has 27 heavy (non-hydrogen) atoms. The van der Waals surface area contributed by atoms with Crippen LogP contribution in [0.5, 0.6) is 17.2 Å². The normalized spacial score (nSPS) is 10.9. The summed E-state index contributed by atoms with van der Waals surface area (Å²) in [6.45, 7) is 4.31. The Labute approximate surface area is 157 Å². The monoisotopic (exact) mass is 396 g/mol. The van der Waals surface area contributed by atoms with Gasteiger partial charge in [0.15, 0.2) is 5.75 Å². The van der Waals surface area contributed by atoms with Gasteiger partial charge in [0, 0.05) is 12.1 Å². The van der Waals surface area contributed by atoms with Crippen LogP contribution in [0.4, 0.5) is 11.4 Å². The van der Waals surface area contributed by atoms with Crippen molar-refractivity contribution in [1.29, 1.82) is 0 Å². The maximum Gasteiger partial charge on any atom is 0.312 e. The predicted molar refractivity (Wildman–Crippen MR) is 99.2 cm³/mol. The third kappa shape index (κ3) is 4.79. The Bertz CT molecular complexity index is 929. The second-order valence-electron chi connectivity index (χ2n) is 5.22. The number of rotatable bonds is 9. The standard InChI is InChI=1S/C17H20N2O7S/c1-4-25-12-6-8-16(26-5-2)14(10-12)18-27(22,23)13-7-9-17(24-3)15(11-13)19(20)21/h6-11,18H,4-5H2,1-3H3. The van der Waals surface area contributed by atoms with Crippen molar-refractivity contribution in [3.05, 3.63) is 46.5 Å². The molecule has 0 atom stereocenters. The number of hydrogen-bond donors (Lipinski definition) is 1. The zero-order chi connectivity index (χ0) is 20.0. The molecule has 0 radical (unpaired) electrons. The Morgan fingerprint density at radius 2 is 1.70 bits per heavy atom. The molecule has 0 unspecified atom stereocenters. The molecule has 0 aliphatic carbocycles. The van der Waals surface area contributed by atoms with Gasteiger partial charge in [0.2, 0.25) is 0 Å². The summed E-state index contributed by atoms with van der Waals surface area (Å²) in [5.41, 5.74) is -0.283. The molecule has 0 aliphatic heterocycles. The molecule has 146 valence electrons. The molecule has 9 nitrogen and oxygen atoms in total. The predicted octanol–water partition coefficient (Wildman–Crippen LogP) is 3.20. The molecule has 10 heteroatoms. The van der Waals surface area contributed by atoms with Crippen molar-refractivity contribution in [2.24, 2.45) is 0 Å². The quantitative estimate of drug-likeness (QED) is 0.511. The maximum absolute atomic E-state index is 12.7. The van der Waals surface area contributed by atoms with Gasteiger partial charge >= 0.3 is 5.69 Å². The molecule has 2 aromatic rings. The zero-order valence-corrected chi connectivity index (χ0v) is 15.9. The Morgan fingerprint density at radius 3 is 2.30 bits per heavy atom. The highest BCUT2D eigenvalue weighted by atomic mass is 32.2. The summed E-state index contributed by atoms with van der Waals surface area (Å²) in [5.74, 6) is 0.735. The van der Waals surface area contributed by atoms with E-state index in [4.69, 9.17) is 14.2 Å². The smallest absolute Gasteiger partial charge is 0.312 e. The van der Waals surface area contributed by atoms with E-state index in [0.29, 0.717) is 24.7 Å². The van der Waals surface area contributed by atoms with Gasteiger partial charge in [0.25, 0.3) is 10.0 Å². The molecule has 0 spiro atoms. The van der Waals surface area contributed by atoms with E-state index in [1.54, 1.807) is 26.0 Å². The number of nitrogens with one attached hydrogen (secondary N) is 1. The van der Waals surface area contributed by atoms with Crippen LogP contribution in [0.2, 0.25) is 0 Å².